The van der Waals surface area contributed by atoms with Crippen LogP contribution in [0.5, 0.6) is 5.75 Å². The summed E-state index contributed by atoms with van der Waals surface area (Å²) >= 11 is 5.31. The molecule has 0 bridgehead atoms. The van der Waals surface area contributed by atoms with Gasteiger partial charge >= 0.3 is 0 Å². The van der Waals surface area contributed by atoms with Gasteiger partial charge in [-0.3, -0.25) is 4.79 Å². The molecular formula is C19H19BrO2S. The molecule has 1 unspecified atom stereocenters. The molecule has 0 amide bonds. The van der Waals surface area contributed by atoms with Crippen molar-refractivity contribution in [3.05, 3.63) is 52.7 Å². The molecule has 1 heterocycles. The molecule has 3 aromatic rings. The molecule has 2 aromatic carbocycles. The van der Waals surface area contributed by atoms with Crippen LogP contribution >= 0.6 is 27.3 Å². The van der Waals surface area contributed by atoms with E-state index in [1.165, 1.54) is 6.42 Å². The normalized spacial score (nSPS) is 12.6. The van der Waals surface area contributed by atoms with E-state index in [1.807, 2.05) is 42.5 Å². The summed E-state index contributed by atoms with van der Waals surface area (Å²) < 4.78 is 7.87. The number of halogens is 1. The maximum absolute atomic E-state index is 12.7. The second kappa shape index (κ2) is 7.45. The van der Waals surface area contributed by atoms with Gasteiger partial charge < -0.3 is 4.74 Å². The fraction of sp³-hybridized carbons (Fsp3) is 0.316. The quantitative estimate of drug-likeness (QED) is 0.395. The van der Waals surface area contributed by atoms with Crippen molar-refractivity contribution < 1.29 is 4.74 Å². The molecule has 0 aliphatic heterocycles. The average molecular weight is 391 g/mol. The fourth-order valence-corrected chi connectivity index (χ4v) is 4.33. The molecule has 0 fully saturated rings. The third-order valence-corrected chi connectivity index (χ3v) is 5.92. The highest BCUT2D eigenvalue weighted by Gasteiger charge is 2.08. The topological polar surface area (TPSA) is 26.3 Å². The van der Waals surface area contributed by atoms with Crippen molar-refractivity contribution in [3.8, 4) is 5.75 Å². The van der Waals surface area contributed by atoms with E-state index in [0.29, 0.717) is 11.4 Å². The third kappa shape index (κ3) is 3.75. The van der Waals surface area contributed by atoms with Gasteiger partial charge in [0.05, 0.1) is 6.61 Å². The van der Waals surface area contributed by atoms with Crippen molar-refractivity contribution in [1.82, 2.24) is 0 Å². The van der Waals surface area contributed by atoms with Crippen molar-refractivity contribution in [1.29, 1.82) is 0 Å². The van der Waals surface area contributed by atoms with E-state index in [9.17, 15) is 4.79 Å². The first-order chi connectivity index (χ1) is 11.2. The predicted molar refractivity (Wildman–Crippen MR) is 103 cm³/mol. The smallest absolute Gasteiger partial charge is 0.196 e. The Morgan fingerprint density at radius 3 is 2.70 bits per heavy atom. The van der Waals surface area contributed by atoms with Crippen LogP contribution in [0.1, 0.15) is 26.2 Å². The van der Waals surface area contributed by atoms with Crippen LogP contribution < -0.4 is 10.2 Å². The minimum atomic E-state index is 0.0872. The van der Waals surface area contributed by atoms with Gasteiger partial charge in [-0.15, -0.1) is 11.3 Å². The van der Waals surface area contributed by atoms with Crippen LogP contribution in [0.25, 0.3) is 20.2 Å². The number of fused-ring (bicyclic) bond motifs is 2. The van der Waals surface area contributed by atoms with E-state index in [4.69, 9.17) is 4.74 Å². The highest BCUT2D eigenvalue weighted by molar-refractivity contribution is 9.09. The molecule has 0 radical (unpaired) electrons. The molecule has 0 aliphatic carbocycles. The Labute approximate surface area is 148 Å². The first-order valence-electron chi connectivity index (χ1n) is 7.91. The van der Waals surface area contributed by atoms with Gasteiger partial charge in [0.2, 0.25) is 0 Å². The molecule has 120 valence electrons. The molecule has 1 aromatic heterocycles. The minimum Gasteiger partial charge on any atom is -0.494 e. The van der Waals surface area contributed by atoms with Gasteiger partial charge in [-0.2, -0.15) is 0 Å². The molecule has 0 N–H and O–H groups in total. The largest absolute Gasteiger partial charge is 0.494 e. The summed E-state index contributed by atoms with van der Waals surface area (Å²) in [5, 5.41) is 1.53. The second-order valence-corrected chi connectivity index (χ2v) is 7.99. The van der Waals surface area contributed by atoms with Crippen molar-refractivity contribution in [2.45, 2.75) is 31.0 Å². The molecule has 0 spiro atoms. The number of ether oxygens (including phenoxy) is 1. The summed E-state index contributed by atoms with van der Waals surface area (Å²) in [7, 11) is 0. The first kappa shape index (κ1) is 16.5. The molecule has 0 aliphatic rings. The van der Waals surface area contributed by atoms with E-state index in [0.717, 1.165) is 38.8 Å². The van der Waals surface area contributed by atoms with E-state index in [2.05, 4.69) is 22.9 Å². The van der Waals surface area contributed by atoms with Gasteiger partial charge in [0.1, 0.15) is 5.75 Å². The fourth-order valence-electron chi connectivity index (χ4n) is 2.63. The van der Waals surface area contributed by atoms with E-state index < -0.39 is 0 Å². The number of rotatable bonds is 6. The summed E-state index contributed by atoms with van der Waals surface area (Å²) in [5.74, 6) is 0.772. The number of benzene rings is 2. The Kier molecular flexibility index (Phi) is 5.34. The van der Waals surface area contributed by atoms with Crippen molar-refractivity contribution >= 4 is 47.4 Å². The van der Waals surface area contributed by atoms with Crippen LogP contribution in [0, 0.1) is 0 Å². The summed E-state index contributed by atoms with van der Waals surface area (Å²) in [5.41, 5.74) is 0.0872. The van der Waals surface area contributed by atoms with Crippen LogP contribution in [0.2, 0.25) is 0 Å². The average Bonchev–Trinajstić information content (AvgIpc) is 2.56. The molecule has 2 nitrogen and oxygen atoms in total. The Morgan fingerprint density at radius 2 is 1.87 bits per heavy atom. The zero-order chi connectivity index (χ0) is 16.2. The molecule has 4 heteroatoms. The lowest BCUT2D eigenvalue weighted by Gasteiger charge is -2.10. The van der Waals surface area contributed by atoms with Crippen LogP contribution in [0.15, 0.2) is 47.3 Å². The predicted octanol–water partition coefficient (Wildman–Crippen LogP) is 5.75. The van der Waals surface area contributed by atoms with Gasteiger partial charge in [0.25, 0.3) is 0 Å². The van der Waals surface area contributed by atoms with Crippen LogP contribution in [-0.4, -0.2) is 11.4 Å². The summed E-state index contributed by atoms with van der Waals surface area (Å²) in [6.45, 7) is 2.84. The van der Waals surface area contributed by atoms with Crippen molar-refractivity contribution in [2.24, 2.45) is 0 Å². The Balaban J connectivity index is 1.85. The van der Waals surface area contributed by atoms with Crippen LogP contribution in [0.4, 0.5) is 0 Å². The lowest BCUT2D eigenvalue weighted by atomic mass is 10.2. The number of alkyl halides is 1. The highest BCUT2D eigenvalue weighted by Crippen LogP contribution is 2.27. The number of hydrogen-bond acceptors (Lipinski definition) is 3. The van der Waals surface area contributed by atoms with Crippen molar-refractivity contribution in [2.75, 3.05) is 6.61 Å². The van der Waals surface area contributed by atoms with Crippen molar-refractivity contribution in [3.63, 3.8) is 0 Å². The third-order valence-electron chi connectivity index (χ3n) is 3.85. The van der Waals surface area contributed by atoms with E-state index in [1.54, 1.807) is 11.3 Å². The second-order valence-electron chi connectivity index (χ2n) is 5.61. The standard InChI is InChI=1S/C19H19BrO2S/c1-2-5-13(20)10-11-22-14-8-9-18-16(12-14)19(21)15-6-3-4-7-17(15)23-18/h3-4,6-9,12-13H,2,5,10-11H2,1H3. The zero-order valence-corrected chi connectivity index (χ0v) is 15.5. The monoisotopic (exact) mass is 390 g/mol. The van der Waals surface area contributed by atoms with Gasteiger partial charge in [-0.1, -0.05) is 41.4 Å². The Morgan fingerprint density at radius 1 is 1.09 bits per heavy atom. The summed E-state index contributed by atoms with van der Waals surface area (Å²) in [4.78, 5) is 13.1. The lowest BCUT2D eigenvalue weighted by molar-refractivity contribution is 0.308. The zero-order valence-electron chi connectivity index (χ0n) is 13.0. The first-order valence-corrected chi connectivity index (χ1v) is 9.64. The summed E-state index contributed by atoms with van der Waals surface area (Å²) in [6, 6.07) is 13.6. The molecule has 3 rings (SSSR count). The Hall–Kier alpha value is -1.39. The van der Waals surface area contributed by atoms with E-state index >= 15 is 0 Å². The maximum Gasteiger partial charge on any atom is 0.196 e. The van der Waals surface area contributed by atoms with Gasteiger partial charge in [-0.05, 0) is 43.2 Å². The molecule has 23 heavy (non-hydrogen) atoms. The van der Waals surface area contributed by atoms with Crippen LogP contribution in [-0.2, 0) is 0 Å². The van der Waals surface area contributed by atoms with Crippen LogP contribution in [0.3, 0.4) is 0 Å². The van der Waals surface area contributed by atoms with Gasteiger partial charge in [0.15, 0.2) is 5.43 Å². The van der Waals surface area contributed by atoms with E-state index in [-0.39, 0.29) is 5.43 Å². The Bertz CT molecular complexity index is 872. The SMILES string of the molecule is CCCC(Br)CCOc1ccc2sc3ccccc3c(=O)c2c1. The number of hydrogen-bond donors (Lipinski definition) is 0. The molecule has 1 atom stereocenters. The van der Waals surface area contributed by atoms with Gasteiger partial charge in [-0.25, -0.2) is 0 Å². The van der Waals surface area contributed by atoms with Gasteiger partial charge in [0, 0.05) is 25.0 Å². The molecular weight excluding hydrogens is 372 g/mol. The highest BCUT2D eigenvalue weighted by atomic mass is 79.9. The molecule has 0 saturated carbocycles. The lowest BCUT2D eigenvalue weighted by Crippen LogP contribution is -2.06. The maximum atomic E-state index is 12.7. The minimum absolute atomic E-state index is 0.0872. The summed E-state index contributed by atoms with van der Waals surface area (Å²) in [6.07, 6.45) is 3.29. The molecule has 0 saturated heterocycles.